The second-order valence-electron chi connectivity index (χ2n) is 5.35. The molecule has 0 aromatic heterocycles. The highest BCUT2D eigenvalue weighted by atomic mass is 16.4. The van der Waals surface area contributed by atoms with E-state index in [4.69, 9.17) is 5.11 Å². The molecule has 0 saturated carbocycles. The maximum absolute atomic E-state index is 11.9. The predicted octanol–water partition coefficient (Wildman–Crippen LogP) is 2.09. The average molecular weight is 275 g/mol. The lowest BCUT2D eigenvalue weighted by Gasteiger charge is -2.17. The van der Waals surface area contributed by atoms with Gasteiger partial charge in [0, 0.05) is 0 Å². The van der Waals surface area contributed by atoms with Crippen molar-refractivity contribution in [1.82, 2.24) is 5.32 Å². The van der Waals surface area contributed by atoms with Crippen LogP contribution in [0.4, 0.5) is 0 Å². The van der Waals surface area contributed by atoms with Crippen molar-refractivity contribution in [2.45, 2.75) is 51.5 Å². The van der Waals surface area contributed by atoms with Crippen LogP contribution < -0.4 is 5.32 Å². The molecule has 0 spiro atoms. The van der Waals surface area contributed by atoms with Crippen molar-refractivity contribution in [2.24, 2.45) is 0 Å². The Morgan fingerprint density at radius 3 is 2.60 bits per heavy atom. The summed E-state index contributed by atoms with van der Waals surface area (Å²) in [6, 6.07) is 5.38. The molecule has 4 nitrogen and oxygen atoms in total. The fourth-order valence-electron chi connectivity index (χ4n) is 2.67. The Bertz CT molecular complexity index is 510. The summed E-state index contributed by atoms with van der Waals surface area (Å²) in [5.74, 6) is -1.21. The van der Waals surface area contributed by atoms with Crippen molar-refractivity contribution < 1.29 is 14.7 Å². The molecule has 1 atom stereocenters. The van der Waals surface area contributed by atoms with Crippen LogP contribution in [-0.4, -0.2) is 23.0 Å². The highest BCUT2D eigenvalue weighted by Crippen LogP contribution is 2.22. The van der Waals surface area contributed by atoms with Gasteiger partial charge in [-0.05, 0) is 48.8 Å². The molecule has 1 amide bonds. The van der Waals surface area contributed by atoms with E-state index in [1.165, 1.54) is 24.0 Å². The van der Waals surface area contributed by atoms with Gasteiger partial charge >= 0.3 is 5.97 Å². The number of benzene rings is 1. The number of amides is 1. The van der Waals surface area contributed by atoms with E-state index in [9.17, 15) is 9.59 Å². The van der Waals surface area contributed by atoms with E-state index in [2.05, 4.69) is 17.4 Å². The van der Waals surface area contributed by atoms with E-state index in [0.717, 1.165) is 18.4 Å². The number of carboxylic acid groups (broad SMARTS) is 1. The minimum atomic E-state index is -0.980. The Morgan fingerprint density at radius 2 is 1.95 bits per heavy atom. The first-order chi connectivity index (χ1) is 9.60. The SMILES string of the molecule is CC[C@H](NC(=O)Cc1ccc2c(c1)CCCC2)C(=O)O. The van der Waals surface area contributed by atoms with Gasteiger partial charge in [-0.1, -0.05) is 25.1 Å². The molecular formula is C16H21NO3. The van der Waals surface area contributed by atoms with Crippen molar-refractivity contribution in [3.63, 3.8) is 0 Å². The molecular weight excluding hydrogens is 254 g/mol. The summed E-state index contributed by atoms with van der Waals surface area (Å²) in [6.07, 6.45) is 5.29. The van der Waals surface area contributed by atoms with Gasteiger partial charge < -0.3 is 10.4 Å². The number of aryl methyl sites for hydroxylation is 2. The second kappa shape index (κ2) is 6.55. The van der Waals surface area contributed by atoms with Gasteiger partial charge in [-0.15, -0.1) is 0 Å². The molecule has 4 heteroatoms. The molecule has 0 unspecified atom stereocenters. The molecule has 1 aliphatic carbocycles. The van der Waals surface area contributed by atoms with Gasteiger partial charge in [0.05, 0.1) is 6.42 Å². The van der Waals surface area contributed by atoms with E-state index in [0.29, 0.717) is 6.42 Å². The minimum absolute atomic E-state index is 0.227. The summed E-state index contributed by atoms with van der Waals surface area (Å²) in [5.41, 5.74) is 3.69. The fourth-order valence-corrected chi connectivity index (χ4v) is 2.67. The minimum Gasteiger partial charge on any atom is -0.480 e. The topological polar surface area (TPSA) is 66.4 Å². The van der Waals surface area contributed by atoms with Gasteiger partial charge in [0.25, 0.3) is 0 Å². The van der Waals surface area contributed by atoms with E-state index in [1.54, 1.807) is 6.92 Å². The number of hydrogen-bond donors (Lipinski definition) is 2. The molecule has 0 bridgehead atoms. The Kier molecular flexibility index (Phi) is 4.77. The van der Waals surface area contributed by atoms with Crippen molar-refractivity contribution in [2.75, 3.05) is 0 Å². The second-order valence-corrected chi connectivity index (χ2v) is 5.35. The van der Waals surface area contributed by atoms with Crippen LogP contribution in [0.2, 0.25) is 0 Å². The van der Waals surface area contributed by atoms with Gasteiger partial charge in [-0.2, -0.15) is 0 Å². The maximum Gasteiger partial charge on any atom is 0.326 e. The van der Waals surface area contributed by atoms with Crippen molar-refractivity contribution in [1.29, 1.82) is 0 Å². The first-order valence-corrected chi connectivity index (χ1v) is 7.23. The van der Waals surface area contributed by atoms with Crippen LogP contribution in [0.5, 0.6) is 0 Å². The number of aliphatic carboxylic acids is 1. The Hall–Kier alpha value is -1.84. The van der Waals surface area contributed by atoms with Crippen LogP contribution in [0.25, 0.3) is 0 Å². The van der Waals surface area contributed by atoms with E-state index in [-0.39, 0.29) is 12.3 Å². The number of rotatable bonds is 5. The molecule has 1 aromatic carbocycles. The van der Waals surface area contributed by atoms with Gasteiger partial charge in [-0.25, -0.2) is 4.79 Å². The molecule has 20 heavy (non-hydrogen) atoms. The van der Waals surface area contributed by atoms with Crippen molar-refractivity contribution in [3.8, 4) is 0 Å². The smallest absolute Gasteiger partial charge is 0.326 e. The van der Waals surface area contributed by atoms with Crippen molar-refractivity contribution >= 4 is 11.9 Å². The number of nitrogens with one attached hydrogen (secondary N) is 1. The molecule has 0 fully saturated rings. The third-order valence-electron chi connectivity index (χ3n) is 3.82. The van der Waals surface area contributed by atoms with Crippen LogP contribution in [-0.2, 0) is 28.9 Å². The first kappa shape index (κ1) is 14.6. The van der Waals surface area contributed by atoms with Crippen LogP contribution in [0.1, 0.15) is 42.9 Å². The molecule has 2 N–H and O–H groups in total. The summed E-state index contributed by atoms with van der Waals surface area (Å²) < 4.78 is 0. The summed E-state index contributed by atoms with van der Waals surface area (Å²) in [5, 5.41) is 11.5. The highest BCUT2D eigenvalue weighted by molar-refractivity contribution is 5.84. The molecule has 0 saturated heterocycles. The first-order valence-electron chi connectivity index (χ1n) is 7.23. The lowest BCUT2D eigenvalue weighted by atomic mass is 9.90. The molecule has 1 aromatic rings. The van der Waals surface area contributed by atoms with Crippen LogP contribution in [0.3, 0.4) is 0 Å². The monoisotopic (exact) mass is 275 g/mol. The predicted molar refractivity (Wildman–Crippen MR) is 76.6 cm³/mol. The normalized spacial score (nSPS) is 15.2. The van der Waals surface area contributed by atoms with Crippen molar-refractivity contribution in [3.05, 3.63) is 34.9 Å². The van der Waals surface area contributed by atoms with Crippen LogP contribution in [0.15, 0.2) is 18.2 Å². The van der Waals surface area contributed by atoms with Crippen LogP contribution >= 0.6 is 0 Å². The largest absolute Gasteiger partial charge is 0.480 e. The Balaban J connectivity index is 1.99. The summed E-state index contributed by atoms with van der Waals surface area (Å²) in [6.45, 7) is 1.75. The molecule has 108 valence electrons. The third-order valence-corrected chi connectivity index (χ3v) is 3.82. The Morgan fingerprint density at radius 1 is 1.25 bits per heavy atom. The number of carboxylic acids is 1. The standard InChI is InChI=1S/C16H21NO3/c1-2-14(16(19)20)17-15(18)10-11-7-8-12-5-3-4-6-13(12)9-11/h7-9,14H,2-6,10H2,1H3,(H,17,18)(H,19,20)/t14-/m0/s1. The zero-order valence-electron chi connectivity index (χ0n) is 11.8. The summed E-state index contributed by atoms with van der Waals surface area (Å²) in [4.78, 5) is 22.8. The van der Waals surface area contributed by atoms with E-state index < -0.39 is 12.0 Å². The van der Waals surface area contributed by atoms with Gasteiger partial charge in [-0.3, -0.25) is 4.79 Å². The number of fused-ring (bicyclic) bond motifs is 1. The van der Waals surface area contributed by atoms with Gasteiger partial charge in [0.1, 0.15) is 6.04 Å². The number of hydrogen-bond acceptors (Lipinski definition) is 2. The van der Waals surface area contributed by atoms with Gasteiger partial charge in [0.15, 0.2) is 0 Å². The lowest BCUT2D eigenvalue weighted by Crippen LogP contribution is -2.40. The molecule has 2 rings (SSSR count). The summed E-state index contributed by atoms with van der Waals surface area (Å²) in [7, 11) is 0. The zero-order valence-corrected chi connectivity index (χ0v) is 11.8. The zero-order chi connectivity index (χ0) is 14.5. The average Bonchev–Trinajstić information content (AvgIpc) is 2.44. The molecule has 0 aliphatic heterocycles. The lowest BCUT2D eigenvalue weighted by molar-refractivity contribution is -0.141. The number of carbonyl (C=O) groups is 2. The summed E-state index contributed by atoms with van der Waals surface area (Å²) >= 11 is 0. The molecule has 0 radical (unpaired) electrons. The van der Waals surface area contributed by atoms with Crippen LogP contribution in [0, 0.1) is 0 Å². The third kappa shape index (κ3) is 3.59. The van der Waals surface area contributed by atoms with E-state index >= 15 is 0 Å². The highest BCUT2D eigenvalue weighted by Gasteiger charge is 2.18. The van der Waals surface area contributed by atoms with Gasteiger partial charge in [0.2, 0.25) is 5.91 Å². The molecule has 0 heterocycles. The Labute approximate surface area is 119 Å². The molecule has 1 aliphatic rings. The van der Waals surface area contributed by atoms with E-state index in [1.807, 2.05) is 6.07 Å². The fraction of sp³-hybridized carbons (Fsp3) is 0.500. The maximum atomic E-state index is 11.9. The number of carbonyl (C=O) groups excluding carboxylic acids is 1. The quantitative estimate of drug-likeness (QED) is 0.864.